The van der Waals surface area contributed by atoms with Gasteiger partial charge in [0.25, 0.3) is 5.91 Å². The van der Waals surface area contributed by atoms with Crippen molar-refractivity contribution in [1.29, 1.82) is 0 Å². The van der Waals surface area contributed by atoms with E-state index in [0.717, 1.165) is 4.31 Å². The molecule has 9 nitrogen and oxygen atoms in total. The zero-order valence-corrected chi connectivity index (χ0v) is 18.1. The summed E-state index contributed by atoms with van der Waals surface area (Å²) in [5.41, 5.74) is 0.413. The number of rotatable bonds is 9. The lowest BCUT2D eigenvalue weighted by atomic mass is 10.2. The highest BCUT2D eigenvalue weighted by Crippen LogP contribution is 2.29. The summed E-state index contributed by atoms with van der Waals surface area (Å²) in [5.74, 6) is -0.565. The Morgan fingerprint density at radius 3 is 2.27 bits per heavy atom. The number of hydrogen-bond acceptors (Lipinski definition) is 7. The molecule has 162 valence electrons. The molecule has 1 N–H and O–H groups in total. The molecule has 2 rings (SSSR count). The average molecular weight is 457 g/mol. The first kappa shape index (κ1) is 23.5. The van der Waals surface area contributed by atoms with Crippen molar-refractivity contribution in [3.05, 3.63) is 47.5 Å². The van der Waals surface area contributed by atoms with Crippen LogP contribution >= 0.6 is 11.6 Å². The predicted octanol–water partition coefficient (Wildman–Crippen LogP) is 2.16. The fraction of sp³-hybridized carbons (Fsp3) is 0.263. The third-order valence-electron chi connectivity index (χ3n) is 3.91. The molecule has 0 aliphatic carbocycles. The fourth-order valence-electron chi connectivity index (χ4n) is 2.36. The van der Waals surface area contributed by atoms with Gasteiger partial charge in [-0.25, -0.2) is 8.42 Å². The van der Waals surface area contributed by atoms with E-state index in [1.54, 1.807) is 18.2 Å². The Morgan fingerprint density at radius 2 is 1.67 bits per heavy atom. The van der Waals surface area contributed by atoms with Gasteiger partial charge in [-0.2, -0.15) is 4.31 Å². The number of amides is 1. The molecule has 1 amide bonds. The zero-order valence-electron chi connectivity index (χ0n) is 16.5. The maximum Gasteiger partial charge on any atom is 0.321 e. The molecule has 0 radical (unpaired) electrons. The van der Waals surface area contributed by atoms with Gasteiger partial charge in [-0.3, -0.25) is 9.59 Å². The Labute approximate surface area is 179 Å². The number of esters is 1. The molecule has 0 spiro atoms. The van der Waals surface area contributed by atoms with Crippen LogP contribution < -0.4 is 14.8 Å². The maximum atomic E-state index is 12.4. The smallest absolute Gasteiger partial charge is 0.321 e. The number of halogens is 1. The summed E-state index contributed by atoms with van der Waals surface area (Å²) in [4.78, 5) is 23.9. The van der Waals surface area contributed by atoms with Crippen LogP contribution in [0.25, 0.3) is 0 Å². The number of methoxy groups -OCH3 is 2. The van der Waals surface area contributed by atoms with E-state index in [1.807, 2.05) is 0 Å². The van der Waals surface area contributed by atoms with Gasteiger partial charge >= 0.3 is 5.97 Å². The van der Waals surface area contributed by atoms with Crippen LogP contribution in [0.15, 0.2) is 47.4 Å². The van der Waals surface area contributed by atoms with Gasteiger partial charge in [-0.1, -0.05) is 11.6 Å². The number of benzene rings is 2. The summed E-state index contributed by atoms with van der Waals surface area (Å²) < 4.78 is 40.8. The average Bonchev–Trinajstić information content (AvgIpc) is 2.72. The predicted molar refractivity (Wildman–Crippen MR) is 110 cm³/mol. The lowest BCUT2D eigenvalue weighted by Crippen LogP contribution is -2.34. The van der Waals surface area contributed by atoms with Crippen molar-refractivity contribution < 1.29 is 32.2 Å². The van der Waals surface area contributed by atoms with Crippen LogP contribution in [0, 0.1) is 0 Å². The van der Waals surface area contributed by atoms with E-state index in [4.69, 9.17) is 25.8 Å². The first-order chi connectivity index (χ1) is 14.2. The molecule has 0 unspecified atom stereocenters. The number of carbonyl (C=O) groups excluding carboxylic acids is 2. The Kier molecular flexibility index (Phi) is 8.04. The van der Waals surface area contributed by atoms with Gasteiger partial charge in [-0.05, 0) is 36.4 Å². The quantitative estimate of drug-likeness (QED) is 0.575. The summed E-state index contributed by atoms with van der Waals surface area (Å²) in [5, 5.41) is 2.93. The number of hydrogen-bond donors (Lipinski definition) is 1. The molecular formula is C19H21ClN2O7S. The van der Waals surface area contributed by atoms with Gasteiger partial charge in [0, 0.05) is 23.8 Å². The van der Waals surface area contributed by atoms with Crippen molar-refractivity contribution in [2.45, 2.75) is 4.90 Å². The van der Waals surface area contributed by atoms with Gasteiger partial charge in [0.1, 0.15) is 6.54 Å². The van der Waals surface area contributed by atoms with Crippen LogP contribution in [0.5, 0.6) is 11.5 Å². The lowest BCUT2D eigenvalue weighted by molar-refractivity contribution is -0.147. The van der Waals surface area contributed by atoms with Crippen LogP contribution in [-0.4, -0.2) is 59.0 Å². The van der Waals surface area contributed by atoms with Crippen LogP contribution in [0.3, 0.4) is 0 Å². The first-order valence-corrected chi connectivity index (χ1v) is 10.4. The molecule has 0 aliphatic heterocycles. The number of sulfonamides is 1. The van der Waals surface area contributed by atoms with Crippen LogP contribution in [-0.2, 0) is 24.3 Å². The van der Waals surface area contributed by atoms with E-state index < -0.39 is 35.1 Å². The van der Waals surface area contributed by atoms with Gasteiger partial charge in [0.2, 0.25) is 10.0 Å². The second kappa shape index (κ2) is 10.3. The minimum Gasteiger partial charge on any atom is -0.493 e. The van der Waals surface area contributed by atoms with Crippen molar-refractivity contribution in [2.24, 2.45) is 0 Å². The molecular weight excluding hydrogens is 436 g/mol. The molecule has 0 fully saturated rings. The molecule has 0 saturated carbocycles. The minimum atomic E-state index is -3.90. The molecule has 0 saturated heterocycles. The molecule has 11 heteroatoms. The zero-order chi connectivity index (χ0) is 22.3. The molecule has 2 aromatic rings. The largest absolute Gasteiger partial charge is 0.493 e. The summed E-state index contributed by atoms with van der Waals surface area (Å²) >= 11 is 5.75. The second-order valence-electron chi connectivity index (χ2n) is 5.99. The Morgan fingerprint density at radius 1 is 1.03 bits per heavy atom. The van der Waals surface area contributed by atoms with E-state index in [2.05, 4.69) is 5.32 Å². The maximum absolute atomic E-state index is 12.4. The van der Waals surface area contributed by atoms with Crippen molar-refractivity contribution >= 4 is 39.2 Å². The molecule has 0 aliphatic rings. The topological polar surface area (TPSA) is 111 Å². The summed E-state index contributed by atoms with van der Waals surface area (Å²) in [6, 6.07) is 10.3. The summed E-state index contributed by atoms with van der Waals surface area (Å²) in [6.07, 6.45) is 0. The van der Waals surface area contributed by atoms with Crippen molar-refractivity contribution in [3.63, 3.8) is 0 Å². The Hall–Kier alpha value is -2.82. The summed E-state index contributed by atoms with van der Waals surface area (Å²) in [7, 11) is 0.270. The van der Waals surface area contributed by atoms with E-state index in [9.17, 15) is 18.0 Å². The highest BCUT2D eigenvalue weighted by atomic mass is 35.5. The first-order valence-electron chi connectivity index (χ1n) is 8.56. The molecule has 2 aromatic carbocycles. The monoisotopic (exact) mass is 456 g/mol. The molecule has 0 aromatic heterocycles. The van der Waals surface area contributed by atoms with Gasteiger partial charge in [-0.15, -0.1) is 0 Å². The number of ether oxygens (including phenoxy) is 3. The number of nitrogens with zero attached hydrogens (tertiary/aromatic N) is 1. The van der Waals surface area contributed by atoms with Gasteiger partial charge in [0.15, 0.2) is 18.1 Å². The van der Waals surface area contributed by atoms with E-state index in [1.165, 1.54) is 45.5 Å². The van der Waals surface area contributed by atoms with Crippen molar-refractivity contribution in [3.8, 4) is 11.5 Å². The number of carbonyl (C=O) groups is 2. The highest BCUT2D eigenvalue weighted by Gasteiger charge is 2.24. The van der Waals surface area contributed by atoms with Crippen LogP contribution in [0.1, 0.15) is 0 Å². The molecule has 0 atom stereocenters. The summed E-state index contributed by atoms with van der Waals surface area (Å²) in [6.45, 7) is -1.14. The van der Waals surface area contributed by atoms with E-state index in [0.29, 0.717) is 22.2 Å². The minimum absolute atomic E-state index is 0.0200. The Bertz CT molecular complexity index is 1010. The van der Waals surface area contributed by atoms with Gasteiger partial charge in [0.05, 0.1) is 19.1 Å². The highest BCUT2D eigenvalue weighted by molar-refractivity contribution is 7.89. The van der Waals surface area contributed by atoms with E-state index >= 15 is 0 Å². The Balaban J connectivity index is 1.89. The molecule has 30 heavy (non-hydrogen) atoms. The molecule has 0 heterocycles. The third-order valence-corrected chi connectivity index (χ3v) is 5.97. The van der Waals surface area contributed by atoms with E-state index in [-0.39, 0.29) is 4.90 Å². The van der Waals surface area contributed by atoms with Gasteiger partial charge < -0.3 is 19.5 Å². The third kappa shape index (κ3) is 6.09. The number of likely N-dealkylation sites (N-methyl/N-ethyl adjacent to an activating group) is 1. The number of nitrogens with one attached hydrogen (secondary N) is 1. The normalized spacial score (nSPS) is 11.1. The molecule has 0 bridgehead atoms. The van der Waals surface area contributed by atoms with Crippen LogP contribution in [0.2, 0.25) is 5.02 Å². The van der Waals surface area contributed by atoms with Crippen molar-refractivity contribution in [1.82, 2.24) is 4.31 Å². The fourth-order valence-corrected chi connectivity index (χ4v) is 3.60. The van der Waals surface area contributed by atoms with Crippen molar-refractivity contribution in [2.75, 3.05) is 39.7 Å². The van der Waals surface area contributed by atoms with Crippen LogP contribution in [0.4, 0.5) is 5.69 Å². The lowest BCUT2D eigenvalue weighted by Gasteiger charge is -2.16. The standard InChI is InChI=1S/C19H21ClN2O7S/c1-22(30(25,26)15-7-4-13(20)5-8-15)11-19(24)29-12-18(23)21-14-6-9-16(27-2)17(10-14)28-3/h4-10H,11-12H2,1-3H3,(H,21,23). The number of anilines is 1. The SMILES string of the molecule is COc1ccc(NC(=O)COC(=O)CN(C)S(=O)(=O)c2ccc(Cl)cc2)cc1OC. The second-order valence-corrected chi connectivity index (χ2v) is 8.47.